The number of nitrogens with zero attached hydrogens (tertiary/aromatic N) is 4. The van der Waals surface area contributed by atoms with Gasteiger partial charge in [-0.2, -0.15) is 0 Å². The fourth-order valence-electron chi connectivity index (χ4n) is 1.19. The summed E-state index contributed by atoms with van der Waals surface area (Å²) in [6, 6.07) is 0.339. The third-order valence-electron chi connectivity index (χ3n) is 2.04. The molecule has 2 heterocycles. The van der Waals surface area contributed by atoms with Crippen LogP contribution in [0.15, 0.2) is 4.42 Å². The highest BCUT2D eigenvalue weighted by atomic mass is 35.5. The van der Waals surface area contributed by atoms with Crippen molar-refractivity contribution >= 4 is 29.2 Å². The molecule has 0 amide bonds. The SMILES string of the molecule is Cc1nnc(NCc2c(Cl)nc(Cl)n2C)o1. The normalized spacial score (nSPS) is 10.8. The fourth-order valence-corrected chi connectivity index (χ4v) is 1.69. The second kappa shape index (κ2) is 4.31. The molecule has 0 saturated carbocycles. The smallest absolute Gasteiger partial charge is 0.315 e. The Balaban J connectivity index is 2.10. The molecular weight excluding hydrogens is 253 g/mol. The third-order valence-corrected chi connectivity index (χ3v) is 2.68. The van der Waals surface area contributed by atoms with Gasteiger partial charge in [0.1, 0.15) is 0 Å². The van der Waals surface area contributed by atoms with Crippen molar-refractivity contribution in [3.05, 3.63) is 22.0 Å². The third kappa shape index (κ3) is 2.12. The Hall–Kier alpha value is -1.27. The lowest BCUT2D eigenvalue weighted by molar-refractivity contribution is 0.530. The van der Waals surface area contributed by atoms with Crippen LogP contribution in [0.5, 0.6) is 0 Å². The van der Waals surface area contributed by atoms with Crippen LogP contribution in [-0.4, -0.2) is 19.7 Å². The van der Waals surface area contributed by atoms with E-state index in [0.717, 1.165) is 5.69 Å². The molecule has 0 aliphatic heterocycles. The molecule has 2 aromatic rings. The Bertz CT molecular complexity index is 506. The first-order valence-electron chi connectivity index (χ1n) is 4.48. The molecule has 0 spiro atoms. The Morgan fingerprint density at radius 3 is 2.62 bits per heavy atom. The van der Waals surface area contributed by atoms with Crippen LogP contribution in [-0.2, 0) is 13.6 Å². The number of aromatic nitrogens is 4. The van der Waals surface area contributed by atoms with E-state index >= 15 is 0 Å². The van der Waals surface area contributed by atoms with Gasteiger partial charge in [0, 0.05) is 14.0 Å². The van der Waals surface area contributed by atoms with E-state index in [1.54, 1.807) is 18.5 Å². The van der Waals surface area contributed by atoms with Crippen molar-refractivity contribution in [1.82, 2.24) is 19.7 Å². The van der Waals surface area contributed by atoms with E-state index in [9.17, 15) is 0 Å². The Morgan fingerprint density at radius 2 is 2.12 bits per heavy atom. The summed E-state index contributed by atoms with van der Waals surface area (Å²) in [7, 11) is 1.78. The van der Waals surface area contributed by atoms with Gasteiger partial charge < -0.3 is 14.3 Å². The average molecular weight is 262 g/mol. The Kier molecular flexibility index (Phi) is 3.02. The summed E-state index contributed by atoms with van der Waals surface area (Å²) < 4.78 is 6.83. The molecule has 2 aromatic heterocycles. The number of aryl methyl sites for hydroxylation is 1. The Morgan fingerprint density at radius 1 is 1.38 bits per heavy atom. The van der Waals surface area contributed by atoms with E-state index in [1.165, 1.54) is 0 Å². The monoisotopic (exact) mass is 261 g/mol. The number of imidazole rings is 1. The summed E-state index contributed by atoms with van der Waals surface area (Å²) in [6.07, 6.45) is 0. The van der Waals surface area contributed by atoms with Crippen LogP contribution in [0.1, 0.15) is 11.6 Å². The number of halogens is 2. The van der Waals surface area contributed by atoms with Crippen LogP contribution >= 0.6 is 23.2 Å². The summed E-state index contributed by atoms with van der Waals surface area (Å²) >= 11 is 11.7. The van der Waals surface area contributed by atoms with Gasteiger partial charge in [0.2, 0.25) is 11.2 Å². The number of hydrogen-bond donors (Lipinski definition) is 1. The van der Waals surface area contributed by atoms with Gasteiger partial charge in [0.25, 0.3) is 0 Å². The van der Waals surface area contributed by atoms with Gasteiger partial charge in [-0.05, 0) is 11.6 Å². The van der Waals surface area contributed by atoms with Crippen molar-refractivity contribution in [1.29, 1.82) is 0 Å². The minimum Gasteiger partial charge on any atom is -0.408 e. The van der Waals surface area contributed by atoms with Gasteiger partial charge >= 0.3 is 6.01 Å². The lowest BCUT2D eigenvalue weighted by Gasteiger charge is -2.03. The zero-order valence-electron chi connectivity index (χ0n) is 8.66. The Labute approximate surface area is 102 Å². The van der Waals surface area contributed by atoms with Gasteiger partial charge in [0.05, 0.1) is 12.2 Å². The lowest BCUT2D eigenvalue weighted by Crippen LogP contribution is -2.05. The van der Waals surface area contributed by atoms with Gasteiger partial charge in [0.15, 0.2) is 5.15 Å². The number of nitrogens with one attached hydrogen (secondary N) is 1. The molecular formula is C8H9Cl2N5O. The molecule has 16 heavy (non-hydrogen) atoms. The molecule has 0 unspecified atom stereocenters. The molecule has 0 aliphatic carbocycles. The zero-order chi connectivity index (χ0) is 11.7. The first-order chi connectivity index (χ1) is 7.58. The highest BCUT2D eigenvalue weighted by molar-refractivity contribution is 6.32. The first kappa shape index (κ1) is 11.2. The maximum atomic E-state index is 5.90. The second-order valence-electron chi connectivity index (χ2n) is 3.16. The van der Waals surface area contributed by atoms with Crippen LogP contribution in [0, 0.1) is 6.92 Å². The number of anilines is 1. The zero-order valence-corrected chi connectivity index (χ0v) is 10.2. The minimum absolute atomic E-state index is 0.337. The highest BCUT2D eigenvalue weighted by Crippen LogP contribution is 2.20. The molecule has 6 nitrogen and oxygen atoms in total. The predicted octanol–water partition coefficient (Wildman–Crippen LogP) is 2.03. The molecule has 0 fully saturated rings. The summed E-state index contributed by atoms with van der Waals surface area (Å²) in [5.74, 6) is 0.497. The maximum Gasteiger partial charge on any atom is 0.315 e. The lowest BCUT2D eigenvalue weighted by atomic mass is 10.4. The van der Waals surface area contributed by atoms with Crippen LogP contribution in [0.4, 0.5) is 6.01 Å². The van der Waals surface area contributed by atoms with Crippen molar-refractivity contribution in [2.45, 2.75) is 13.5 Å². The first-order valence-corrected chi connectivity index (χ1v) is 5.24. The largest absolute Gasteiger partial charge is 0.408 e. The topological polar surface area (TPSA) is 68.8 Å². The molecule has 0 bridgehead atoms. The van der Waals surface area contributed by atoms with Gasteiger partial charge in [-0.15, -0.1) is 5.10 Å². The van der Waals surface area contributed by atoms with Gasteiger partial charge in [-0.25, -0.2) is 4.98 Å². The molecule has 8 heteroatoms. The minimum atomic E-state index is 0.337. The molecule has 0 saturated heterocycles. The fraction of sp³-hybridized carbons (Fsp3) is 0.375. The number of hydrogen-bond acceptors (Lipinski definition) is 5. The molecule has 0 aliphatic rings. The molecule has 0 radical (unpaired) electrons. The van der Waals surface area contributed by atoms with Gasteiger partial charge in [-0.1, -0.05) is 16.7 Å². The van der Waals surface area contributed by atoms with Crippen molar-refractivity contribution in [2.24, 2.45) is 7.05 Å². The van der Waals surface area contributed by atoms with Gasteiger partial charge in [-0.3, -0.25) is 0 Å². The maximum absolute atomic E-state index is 5.90. The standard InChI is InChI=1S/C8H9Cl2N5O/c1-4-13-14-8(16-4)11-3-5-6(9)12-7(10)15(5)2/h3H2,1-2H3,(H,11,14). The predicted molar refractivity (Wildman–Crippen MR) is 59.6 cm³/mol. The molecule has 0 atom stereocenters. The summed E-state index contributed by atoms with van der Waals surface area (Å²) in [4.78, 5) is 3.92. The number of rotatable bonds is 3. The van der Waals surface area contributed by atoms with Crippen molar-refractivity contribution < 1.29 is 4.42 Å². The quantitative estimate of drug-likeness (QED) is 0.916. The van der Waals surface area contributed by atoms with E-state index in [1.807, 2.05) is 0 Å². The summed E-state index contributed by atoms with van der Waals surface area (Å²) in [6.45, 7) is 2.13. The van der Waals surface area contributed by atoms with E-state index in [4.69, 9.17) is 27.6 Å². The van der Waals surface area contributed by atoms with E-state index < -0.39 is 0 Å². The molecule has 86 valence electrons. The molecule has 2 rings (SSSR count). The van der Waals surface area contributed by atoms with Crippen LogP contribution in [0.3, 0.4) is 0 Å². The van der Waals surface area contributed by atoms with Crippen molar-refractivity contribution in [3.8, 4) is 0 Å². The second-order valence-corrected chi connectivity index (χ2v) is 3.85. The summed E-state index contributed by atoms with van der Waals surface area (Å²) in [5.41, 5.74) is 0.752. The molecule has 1 N–H and O–H groups in total. The van der Waals surface area contributed by atoms with Crippen LogP contribution in [0.2, 0.25) is 10.4 Å². The molecule has 0 aromatic carbocycles. The van der Waals surface area contributed by atoms with Crippen LogP contribution in [0.25, 0.3) is 0 Å². The van der Waals surface area contributed by atoms with E-state index in [-0.39, 0.29) is 0 Å². The van der Waals surface area contributed by atoms with Crippen molar-refractivity contribution in [2.75, 3.05) is 5.32 Å². The summed E-state index contributed by atoms with van der Waals surface area (Å²) in [5, 5.41) is 11.1. The average Bonchev–Trinajstić information content (AvgIpc) is 2.72. The highest BCUT2D eigenvalue weighted by Gasteiger charge is 2.12. The van der Waals surface area contributed by atoms with Crippen LogP contribution < -0.4 is 5.32 Å². The van der Waals surface area contributed by atoms with E-state index in [0.29, 0.717) is 28.9 Å². The van der Waals surface area contributed by atoms with Crippen molar-refractivity contribution in [3.63, 3.8) is 0 Å². The van der Waals surface area contributed by atoms with E-state index in [2.05, 4.69) is 20.5 Å².